The largest absolute Gasteiger partial charge is 0.456 e. The quantitative estimate of drug-likeness (QED) is 0.306. The molecule has 12 heteroatoms. The van der Waals surface area contributed by atoms with E-state index in [1.165, 1.54) is 22.3 Å². The molecule has 0 saturated carbocycles. The molecule has 0 radical (unpaired) electrons. The summed E-state index contributed by atoms with van der Waals surface area (Å²) in [5, 5.41) is 6.58. The van der Waals surface area contributed by atoms with Crippen LogP contribution in [0.3, 0.4) is 0 Å². The van der Waals surface area contributed by atoms with Crippen LogP contribution in [-0.4, -0.2) is 51.8 Å². The van der Waals surface area contributed by atoms with E-state index in [2.05, 4.69) is 27.2 Å². The van der Waals surface area contributed by atoms with Crippen LogP contribution in [0.5, 0.6) is 11.5 Å². The number of anilines is 3. The van der Waals surface area contributed by atoms with Gasteiger partial charge in [0.25, 0.3) is 5.91 Å². The van der Waals surface area contributed by atoms with Crippen molar-refractivity contribution in [1.82, 2.24) is 20.2 Å². The number of thiophene rings is 1. The summed E-state index contributed by atoms with van der Waals surface area (Å²) in [5.74, 6) is 1.15. The number of carbonyl (C=O) groups excluding carboxylic acids is 3. The molecule has 4 aromatic rings. The smallest absolute Gasteiger partial charge is 0.332 e. The van der Waals surface area contributed by atoms with Gasteiger partial charge in [0, 0.05) is 25.3 Å². The van der Waals surface area contributed by atoms with Gasteiger partial charge < -0.3 is 20.3 Å². The summed E-state index contributed by atoms with van der Waals surface area (Å²) in [6, 6.07) is 13.9. The lowest BCUT2D eigenvalue weighted by atomic mass is 10.1. The average molecular weight is 575 g/mol. The second-order valence-electron chi connectivity index (χ2n) is 9.15. The molecule has 0 unspecified atom stereocenters. The number of benzene rings is 1. The van der Waals surface area contributed by atoms with E-state index in [-0.39, 0.29) is 31.4 Å². The molecule has 5 heterocycles. The molecular weight excluding hydrogens is 548 g/mol. The highest BCUT2D eigenvalue weighted by Gasteiger charge is 2.34. The Hall–Kier alpha value is -4.42. The normalized spacial score (nSPS) is 16.1. The van der Waals surface area contributed by atoms with Gasteiger partial charge in [-0.05, 0) is 49.2 Å². The van der Waals surface area contributed by atoms with Gasteiger partial charge in [-0.3, -0.25) is 9.59 Å². The molecule has 1 aromatic carbocycles. The second kappa shape index (κ2) is 11.4. The van der Waals surface area contributed by atoms with Gasteiger partial charge in [0.1, 0.15) is 27.0 Å². The summed E-state index contributed by atoms with van der Waals surface area (Å²) in [5.41, 5.74) is 1.01. The van der Waals surface area contributed by atoms with Crippen molar-refractivity contribution in [2.75, 3.05) is 23.3 Å². The van der Waals surface area contributed by atoms with Crippen LogP contribution in [0.25, 0.3) is 10.2 Å². The number of nitrogens with one attached hydrogen (secondary N) is 2. The highest BCUT2D eigenvalue weighted by atomic mass is 32.1. The molecule has 3 aromatic heterocycles. The van der Waals surface area contributed by atoms with Crippen molar-refractivity contribution in [1.29, 1.82) is 0 Å². The number of nitrogens with zero attached hydrogens (tertiary/aromatic N) is 4. The van der Waals surface area contributed by atoms with Gasteiger partial charge in [-0.15, -0.1) is 11.3 Å². The molecule has 1 saturated heterocycles. The van der Waals surface area contributed by atoms with Crippen LogP contribution in [0, 0.1) is 0 Å². The van der Waals surface area contributed by atoms with Gasteiger partial charge in [-0.25, -0.2) is 19.7 Å². The molecule has 2 N–H and O–H groups in total. The van der Waals surface area contributed by atoms with Crippen LogP contribution in [0.4, 0.5) is 22.0 Å². The van der Waals surface area contributed by atoms with E-state index < -0.39 is 6.03 Å². The fourth-order valence-corrected chi connectivity index (χ4v) is 5.86. The Morgan fingerprint density at radius 2 is 1.95 bits per heavy atom. The second-order valence-corrected chi connectivity index (χ2v) is 10.1. The fraction of sp³-hybridized carbons (Fsp3) is 0.179. The molecule has 2 aliphatic heterocycles. The first kappa shape index (κ1) is 27.2. The van der Waals surface area contributed by atoms with Crippen molar-refractivity contribution >= 4 is 70.1 Å². The van der Waals surface area contributed by atoms with Gasteiger partial charge in [0.05, 0.1) is 23.0 Å². The predicted octanol–water partition coefficient (Wildman–Crippen LogP) is 5.19. The zero-order valence-corrected chi connectivity index (χ0v) is 23.1. The van der Waals surface area contributed by atoms with Crippen molar-refractivity contribution < 1.29 is 19.1 Å². The Kier molecular flexibility index (Phi) is 7.71. The van der Waals surface area contributed by atoms with Crippen LogP contribution in [-0.2, 0) is 4.79 Å². The van der Waals surface area contributed by atoms with Crippen molar-refractivity contribution in [3.05, 3.63) is 78.5 Å². The molecule has 40 heavy (non-hydrogen) atoms. The van der Waals surface area contributed by atoms with Crippen LogP contribution in [0.15, 0.2) is 73.6 Å². The third-order valence-electron chi connectivity index (χ3n) is 6.62. The zero-order chi connectivity index (χ0) is 26.9. The fourth-order valence-electron chi connectivity index (χ4n) is 4.84. The van der Waals surface area contributed by atoms with E-state index in [0.29, 0.717) is 56.9 Å². The number of piperidine rings is 1. The summed E-state index contributed by atoms with van der Waals surface area (Å²) in [6.45, 7) is 4.60. The number of pyridine rings is 2. The number of hydrogen-bond donors (Lipinski definition) is 2. The Labute approximate surface area is 241 Å². The number of para-hydroxylation sites is 1. The lowest BCUT2D eigenvalue weighted by molar-refractivity contribution is -0.127. The van der Waals surface area contributed by atoms with E-state index >= 15 is 0 Å². The van der Waals surface area contributed by atoms with E-state index in [9.17, 15) is 14.4 Å². The number of urea groups is 1. The van der Waals surface area contributed by atoms with Crippen LogP contribution in [0.2, 0.25) is 0 Å². The minimum Gasteiger partial charge on any atom is -0.456 e. The number of hydrogen-bond acceptors (Lipinski definition) is 7. The minimum absolute atomic E-state index is 0. The van der Waals surface area contributed by atoms with Crippen molar-refractivity contribution in [2.45, 2.75) is 18.9 Å². The Morgan fingerprint density at radius 1 is 1.12 bits per heavy atom. The predicted molar refractivity (Wildman–Crippen MR) is 159 cm³/mol. The molecule has 0 spiro atoms. The molecule has 1 fully saturated rings. The van der Waals surface area contributed by atoms with Crippen LogP contribution >= 0.6 is 24.8 Å². The molecule has 2 aliphatic rings. The minimum atomic E-state index is -0.438. The number of amides is 4. The number of rotatable bonds is 6. The Bertz CT molecular complexity index is 1590. The van der Waals surface area contributed by atoms with E-state index in [1.807, 2.05) is 30.3 Å². The summed E-state index contributed by atoms with van der Waals surface area (Å²) >= 11 is 1.21. The van der Waals surface area contributed by atoms with E-state index in [1.54, 1.807) is 35.5 Å². The molecule has 204 valence electrons. The first-order chi connectivity index (χ1) is 19.0. The highest BCUT2D eigenvalue weighted by molar-refractivity contribution is 7.59. The lowest BCUT2D eigenvalue weighted by Gasteiger charge is -2.32. The van der Waals surface area contributed by atoms with Crippen LogP contribution in [0.1, 0.15) is 22.5 Å². The topological polar surface area (TPSA) is 117 Å². The number of carbonyl (C=O) groups is 3. The third kappa shape index (κ3) is 5.10. The van der Waals surface area contributed by atoms with Crippen molar-refractivity contribution in [2.24, 2.45) is 0 Å². The zero-order valence-electron chi connectivity index (χ0n) is 21.3. The number of aromatic nitrogens is 2. The summed E-state index contributed by atoms with van der Waals surface area (Å²) < 4.78 is 5.82. The maximum Gasteiger partial charge on any atom is 0.332 e. The standard InChI is InChI=1S/C28H24N6O4S.H2S/c1-2-22(35)33-14-6-7-17(16-33)31-26(36)25-24-23-20(12-13-29-27(23)39-25)34(28(37)32-24)21-11-10-19(15-30-21)38-18-8-4-3-5-9-18;/h2-5,8-13,15,17H,1,6-7,14,16H2,(H,31,36)(H,32,37);1H2/t17-;/m0./s1. The van der Waals surface area contributed by atoms with Gasteiger partial charge in [0.15, 0.2) is 0 Å². The SMILES string of the molecule is C=CC(=O)N1CCC[C@H](NC(=O)c2sc3nccc4c3c2NC(=O)N4c2ccc(Oc3ccccc3)cn2)C1.S. The van der Waals surface area contributed by atoms with Gasteiger partial charge in [-0.1, -0.05) is 24.8 Å². The summed E-state index contributed by atoms with van der Waals surface area (Å²) in [7, 11) is 0. The maximum absolute atomic E-state index is 13.3. The van der Waals surface area contributed by atoms with E-state index in [0.717, 1.165) is 12.8 Å². The Balaban J connectivity index is 0.00000323. The molecule has 10 nitrogen and oxygen atoms in total. The highest BCUT2D eigenvalue weighted by Crippen LogP contribution is 2.45. The van der Waals surface area contributed by atoms with Crippen molar-refractivity contribution in [3.63, 3.8) is 0 Å². The molecule has 4 amide bonds. The third-order valence-corrected chi connectivity index (χ3v) is 7.72. The number of likely N-dealkylation sites (tertiary alicyclic amines) is 1. The van der Waals surface area contributed by atoms with Crippen LogP contribution < -0.4 is 20.3 Å². The summed E-state index contributed by atoms with van der Waals surface area (Å²) in [4.78, 5) is 51.7. The van der Waals surface area contributed by atoms with Gasteiger partial charge in [0.2, 0.25) is 5.91 Å². The first-order valence-corrected chi connectivity index (χ1v) is 13.3. The molecular formula is C28H26N6O4S2. The number of ether oxygens (including phenoxy) is 1. The first-order valence-electron chi connectivity index (χ1n) is 12.5. The monoisotopic (exact) mass is 574 g/mol. The molecule has 6 rings (SSSR count). The van der Waals surface area contributed by atoms with Crippen molar-refractivity contribution in [3.8, 4) is 11.5 Å². The van der Waals surface area contributed by atoms with E-state index in [4.69, 9.17) is 4.74 Å². The maximum atomic E-state index is 13.3. The molecule has 0 aliphatic carbocycles. The van der Waals surface area contributed by atoms with Gasteiger partial charge in [-0.2, -0.15) is 13.5 Å². The Morgan fingerprint density at radius 3 is 2.70 bits per heavy atom. The lowest BCUT2D eigenvalue weighted by Crippen LogP contribution is -2.49. The van der Waals surface area contributed by atoms with Gasteiger partial charge >= 0.3 is 6.03 Å². The molecule has 0 bridgehead atoms. The molecule has 1 atom stereocenters. The summed E-state index contributed by atoms with van der Waals surface area (Å²) in [6.07, 6.45) is 5.99. The average Bonchev–Trinajstić information content (AvgIpc) is 3.33.